The Kier molecular flexibility index (Phi) is 5.63. The summed E-state index contributed by atoms with van der Waals surface area (Å²) in [5.41, 5.74) is -0.320. The maximum absolute atomic E-state index is 12.5. The monoisotopic (exact) mass is 406 g/mol. The van der Waals surface area contributed by atoms with Crippen molar-refractivity contribution < 1.29 is 24.1 Å². The molecule has 0 radical (unpaired) electrons. The molecule has 0 aromatic carbocycles. The van der Waals surface area contributed by atoms with Gasteiger partial charge in [0.2, 0.25) is 0 Å². The largest absolute Gasteiger partial charge is 0.457 e. The van der Waals surface area contributed by atoms with Gasteiger partial charge in [0.1, 0.15) is 11.7 Å². The molecule has 3 fully saturated rings. The summed E-state index contributed by atoms with van der Waals surface area (Å²) in [4.78, 5) is 12.5. The third kappa shape index (κ3) is 3.57. The van der Waals surface area contributed by atoms with Crippen molar-refractivity contribution in [3.05, 3.63) is 11.6 Å². The van der Waals surface area contributed by atoms with Gasteiger partial charge >= 0.3 is 5.97 Å². The smallest absolute Gasteiger partial charge is 0.306 e. The Bertz CT molecular complexity index is 670. The van der Waals surface area contributed by atoms with E-state index in [1.165, 1.54) is 5.57 Å². The molecule has 4 aliphatic rings. The Labute approximate surface area is 175 Å². The van der Waals surface area contributed by atoms with Crippen molar-refractivity contribution >= 4 is 5.97 Å². The van der Waals surface area contributed by atoms with E-state index in [1.54, 1.807) is 0 Å². The lowest BCUT2D eigenvalue weighted by molar-refractivity contribution is -0.223. The minimum absolute atomic E-state index is 0.00958. The molecule has 1 aliphatic carbocycles. The molecule has 0 spiro atoms. The van der Waals surface area contributed by atoms with Gasteiger partial charge < -0.3 is 19.3 Å². The summed E-state index contributed by atoms with van der Waals surface area (Å²) in [5, 5.41) is 11.6. The molecule has 164 valence electrons. The normalized spacial score (nSPS) is 51.1. The standard InChI is InChI=1S/C24H38O5/c1-6-8-19(25)29-23(4)10-7-9-14(2)11-17-21-20(22(23)28-17)16-12-18(24(21,5)26)27-13-15(16)3/h9,15-18,20-22,26H,6-8,10-13H2,1-5H3/b14-9+/t15-,16+,17+,18+,20+,21?,22+,23+,24?/m0/s1. The lowest BCUT2D eigenvalue weighted by Crippen LogP contribution is -2.63. The van der Waals surface area contributed by atoms with Crippen molar-refractivity contribution in [2.24, 2.45) is 23.7 Å². The van der Waals surface area contributed by atoms with Crippen LogP contribution in [0.4, 0.5) is 0 Å². The van der Waals surface area contributed by atoms with Crippen LogP contribution in [0.1, 0.15) is 73.1 Å². The highest BCUT2D eigenvalue weighted by molar-refractivity contribution is 5.69. The Balaban J connectivity index is 1.76. The van der Waals surface area contributed by atoms with Crippen molar-refractivity contribution in [1.82, 2.24) is 0 Å². The first kappa shape index (κ1) is 21.3. The molecule has 3 heterocycles. The van der Waals surface area contributed by atoms with Gasteiger partial charge in [-0.1, -0.05) is 25.5 Å². The van der Waals surface area contributed by atoms with Crippen LogP contribution in [0.2, 0.25) is 0 Å². The summed E-state index contributed by atoms with van der Waals surface area (Å²) in [6.07, 6.45) is 6.38. The van der Waals surface area contributed by atoms with E-state index in [9.17, 15) is 9.90 Å². The molecule has 9 atom stereocenters. The van der Waals surface area contributed by atoms with E-state index in [0.29, 0.717) is 24.9 Å². The van der Waals surface area contributed by atoms with Crippen LogP contribution in [0.15, 0.2) is 11.6 Å². The highest BCUT2D eigenvalue weighted by atomic mass is 16.6. The van der Waals surface area contributed by atoms with Crippen molar-refractivity contribution in [3.8, 4) is 0 Å². The SMILES string of the molecule is CCCC(=O)O[C@]1(C)CC/C=C(\C)C[C@H]2O[C@@H]1[C@H]1C2C(C)(O)[C@H]2C[C@@H]1[C@@H](C)CO2. The molecular formula is C24H38O5. The summed E-state index contributed by atoms with van der Waals surface area (Å²) >= 11 is 0. The molecule has 2 unspecified atom stereocenters. The number of fused-ring (bicyclic) bond motifs is 8. The molecule has 0 aromatic rings. The lowest BCUT2D eigenvalue weighted by atomic mass is 9.55. The molecule has 4 bridgehead atoms. The second-order valence-corrected chi connectivity index (χ2v) is 10.5. The second-order valence-electron chi connectivity index (χ2n) is 10.5. The van der Waals surface area contributed by atoms with E-state index in [2.05, 4.69) is 26.8 Å². The fourth-order valence-corrected chi connectivity index (χ4v) is 6.65. The average Bonchev–Trinajstić information content (AvgIpc) is 3.03. The van der Waals surface area contributed by atoms with Crippen LogP contribution in [0.5, 0.6) is 0 Å². The van der Waals surface area contributed by atoms with Gasteiger partial charge in [-0.25, -0.2) is 0 Å². The van der Waals surface area contributed by atoms with E-state index in [4.69, 9.17) is 14.2 Å². The van der Waals surface area contributed by atoms with Crippen molar-refractivity contribution in [2.45, 2.75) is 103 Å². The molecule has 1 N–H and O–H groups in total. The molecule has 29 heavy (non-hydrogen) atoms. The highest BCUT2D eigenvalue weighted by Gasteiger charge is 2.66. The Morgan fingerprint density at radius 2 is 2.14 bits per heavy atom. The predicted molar refractivity (Wildman–Crippen MR) is 110 cm³/mol. The summed E-state index contributed by atoms with van der Waals surface area (Å²) < 4.78 is 19.0. The molecule has 0 amide bonds. The van der Waals surface area contributed by atoms with Gasteiger partial charge in [0.25, 0.3) is 0 Å². The zero-order chi connectivity index (χ0) is 21.0. The van der Waals surface area contributed by atoms with Gasteiger partial charge in [-0.2, -0.15) is 0 Å². The van der Waals surface area contributed by atoms with Gasteiger partial charge in [0, 0.05) is 24.9 Å². The van der Waals surface area contributed by atoms with Crippen LogP contribution in [0.25, 0.3) is 0 Å². The van der Waals surface area contributed by atoms with E-state index in [1.807, 2.05) is 13.8 Å². The van der Waals surface area contributed by atoms with E-state index in [-0.39, 0.29) is 36.1 Å². The minimum Gasteiger partial charge on any atom is -0.457 e. The Morgan fingerprint density at radius 1 is 1.38 bits per heavy atom. The number of hydrogen-bond acceptors (Lipinski definition) is 5. The number of hydrogen-bond donors (Lipinski definition) is 1. The first-order valence-electron chi connectivity index (χ1n) is 11.5. The molecule has 1 saturated carbocycles. The zero-order valence-electron chi connectivity index (χ0n) is 18.6. The molecule has 2 saturated heterocycles. The number of rotatable bonds is 3. The van der Waals surface area contributed by atoms with Crippen LogP contribution in [-0.2, 0) is 19.0 Å². The molecular weight excluding hydrogens is 368 g/mol. The number of carbonyl (C=O) groups is 1. The third-order valence-electron chi connectivity index (χ3n) is 8.14. The molecule has 3 aliphatic heterocycles. The van der Waals surface area contributed by atoms with E-state index in [0.717, 1.165) is 32.1 Å². The van der Waals surface area contributed by atoms with Gasteiger partial charge in [0.15, 0.2) is 0 Å². The highest BCUT2D eigenvalue weighted by Crippen LogP contribution is 2.58. The van der Waals surface area contributed by atoms with Crippen molar-refractivity contribution in [1.29, 1.82) is 0 Å². The first-order valence-corrected chi connectivity index (χ1v) is 11.5. The predicted octanol–water partition coefficient (Wildman–Crippen LogP) is 4.02. The molecule has 0 aromatic heterocycles. The minimum atomic E-state index is -0.936. The number of allylic oxidation sites excluding steroid dienone is 1. The quantitative estimate of drug-likeness (QED) is 0.566. The number of esters is 1. The summed E-state index contributed by atoms with van der Waals surface area (Å²) in [6.45, 7) is 11.1. The van der Waals surface area contributed by atoms with Crippen LogP contribution in [0.3, 0.4) is 0 Å². The van der Waals surface area contributed by atoms with Crippen molar-refractivity contribution in [2.75, 3.05) is 6.61 Å². The maximum atomic E-state index is 12.5. The first-order chi connectivity index (χ1) is 13.7. The Morgan fingerprint density at radius 3 is 2.86 bits per heavy atom. The lowest BCUT2D eigenvalue weighted by Gasteiger charge is -2.55. The molecule has 5 heteroatoms. The molecule has 4 rings (SSSR count). The maximum Gasteiger partial charge on any atom is 0.306 e. The fourth-order valence-electron chi connectivity index (χ4n) is 6.65. The topological polar surface area (TPSA) is 65.0 Å². The van der Waals surface area contributed by atoms with Crippen LogP contribution >= 0.6 is 0 Å². The summed E-state index contributed by atoms with van der Waals surface area (Å²) in [7, 11) is 0. The number of ether oxygens (including phenoxy) is 3. The van der Waals surface area contributed by atoms with Gasteiger partial charge in [-0.15, -0.1) is 0 Å². The van der Waals surface area contributed by atoms with Gasteiger partial charge in [0.05, 0.1) is 17.8 Å². The number of carbonyl (C=O) groups excluding carboxylic acids is 1. The van der Waals surface area contributed by atoms with Crippen molar-refractivity contribution in [3.63, 3.8) is 0 Å². The summed E-state index contributed by atoms with van der Waals surface area (Å²) in [6, 6.07) is 0. The zero-order valence-corrected chi connectivity index (χ0v) is 18.6. The van der Waals surface area contributed by atoms with Crippen LogP contribution in [-0.4, -0.2) is 47.2 Å². The van der Waals surface area contributed by atoms with Crippen LogP contribution < -0.4 is 0 Å². The second kappa shape index (κ2) is 7.65. The molecule has 5 nitrogen and oxygen atoms in total. The third-order valence-corrected chi connectivity index (χ3v) is 8.14. The van der Waals surface area contributed by atoms with E-state index >= 15 is 0 Å². The number of aliphatic hydroxyl groups is 1. The van der Waals surface area contributed by atoms with E-state index < -0.39 is 11.2 Å². The summed E-state index contributed by atoms with van der Waals surface area (Å²) in [5.74, 6) is 0.857. The fraction of sp³-hybridized carbons (Fsp3) is 0.875. The Hall–Kier alpha value is -0.910. The van der Waals surface area contributed by atoms with Crippen LogP contribution in [0, 0.1) is 23.7 Å². The van der Waals surface area contributed by atoms with Gasteiger partial charge in [-0.05, 0) is 64.7 Å². The van der Waals surface area contributed by atoms with Gasteiger partial charge in [-0.3, -0.25) is 4.79 Å². The average molecular weight is 407 g/mol.